The first kappa shape index (κ1) is 34.1. The molecule has 0 amide bonds. The minimum atomic E-state index is -4.45. The van der Waals surface area contributed by atoms with Crippen molar-refractivity contribution in [3.05, 3.63) is 167 Å². The van der Waals surface area contributed by atoms with Crippen LogP contribution in [0.4, 0.5) is 24.5 Å². The third-order valence-corrected chi connectivity index (χ3v) is 12.4. The van der Waals surface area contributed by atoms with E-state index in [1.54, 1.807) is 6.07 Å². The van der Waals surface area contributed by atoms with Gasteiger partial charge < -0.3 is 0 Å². The molecule has 0 fully saturated rings. The standard InChI is InChI=1S/C44H42F3N2Se/c1-2-3-30-48-39-23-12-13-24-40(39)50-42(48)26-14-25-41-43(32-34-18-6-4-7-19-34,29-15-20-33-16-10-11-17-33)37-31-35(44(45,46)47)27-28-38(37)49(41)36-21-8-5-9-22-36/h4-14,16-19,21-28,31,33H,2-3,15,20,29-30,32H2,1H3/q+1. The second-order valence-corrected chi connectivity index (χ2v) is 15.5. The molecule has 2 nitrogen and oxygen atoms in total. The van der Waals surface area contributed by atoms with Gasteiger partial charge in [-0.25, -0.2) is 0 Å². The van der Waals surface area contributed by atoms with Crippen LogP contribution in [0.15, 0.2) is 145 Å². The number of benzene rings is 4. The Labute approximate surface area is 299 Å². The number of rotatable bonds is 12. The van der Waals surface area contributed by atoms with Crippen LogP contribution in [0.1, 0.15) is 60.3 Å². The molecule has 5 aromatic rings. The van der Waals surface area contributed by atoms with Crippen molar-refractivity contribution in [3.63, 3.8) is 0 Å². The van der Waals surface area contributed by atoms with E-state index in [-0.39, 0.29) is 14.5 Å². The summed E-state index contributed by atoms with van der Waals surface area (Å²) in [5.41, 5.74) is 4.62. The van der Waals surface area contributed by atoms with Gasteiger partial charge in [-0.1, -0.05) is 0 Å². The first-order chi connectivity index (χ1) is 24.4. The van der Waals surface area contributed by atoms with E-state index in [2.05, 4.69) is 107 Å². The number of halogens is 3. The van der Waals surface area contributed by atoms with Crippen LogP contribution in [0.3, 0.4) is 0 Å². The summed E-state index contributed by atoms with van der Waals surface area (Å²) in [6.07, 6.45) is 16.1. The van der Waals surface area contributed by atoms with Gasteiger partial charge in [0.05, 0.1) is 0 Å². The molecule has 1 aromatic heterocycles. The van der Waals surface area contributed by atoms with Crippen LogP contribution in [0, 0.1) is 5.92 Å². The Kier molecular flexibility index (Phi) is 10.1. The SMILES string of the molecule is CCCC[n+]1c(C=CC=C2N(c3ccccc3)c3ccc(C(F)(F)F)cc3C2(CCCC2C=CC=C2)Cc2ccccc2)[se]c2ccccc21. The van der Waals surface area contributed by atoms with E-state index in [0.717, 1.165) is 60.4 Å². The summed E-state index contributed by atoms with van der Waals surface area (Å²) < 4.78 is 48.5. The quantitative estimate of drug-likeness (QED) is 0.0914. The number of allylic oxidation sites excluding steroid dienone is 7. The van der Waals surface area contributed by atoms with Gasteiger partial charge in [-0.3, -0.25) is 0 Å². The molecule has 7 rings (SSSR count). The first-order valence-corrected chi connectivity index (χ1v) is 19.3. The number of hydrogen-bond acceptors (Lipinski definition) is 1. The average molecular weight is 735 g/mol. The topological polar surface area (TPSA) is 7.12 Å². The summed E-state index contributed by atoms with van der Waals surface area (Å²) in [6.45, 7) is 3.19. The van der Waals surface area contributed by atoms with E-state index >= 15 is 0 Å². The number of hydrogen-bond donors (Lipinski definition) is 0. The van der Waals surface area contributed by atoms with E-state index in [1.807, 2.05) is 36.4 Å². The number of aryl methyl sites for hydroxylation is 1. The zero-order valence-electron chi connectivity index (χ0n) is 28.3. The molecule has 50 heavy (non-hydrogen) atoms. The zero-order chi connectivity index (χ0) is 34.6. The van der Waals surface area contributed by atoms with Crippen molar-refractivity contribution in [2.45, 2.75) is 63.6 Å². The predicted octanol–water partition coefficient (Wildman–Crippen LogP) is 11.1. The Morgan fingerprint density at radius 3 is 2.32 bits per heavy atom. The molecule has 2 aliphatic rings. The molecule has 1 unspecified atom stereocenters. The van der Waals surface area contributed by atoms with E-state index in [0.29, 0.717) is 18.8 Å². The Morgan fingerprint density at radius 1 is 0.860 bits per heavy atom. The Hall–Kier alpha value is -4.38. The second kappa shape index (κ2) is 14.8. The van der Waals surface area contributed by atoms with Crippen molar-refractivity contribution in [1.29, 1.82) is 0 Å². The maximum absolute atomic E-state index is 14.5. The van der Waals surface area contributed by atoms with Crippen molar-refractivity contribution in [3.8, 4) is 0 Å². The zero-order valence-corrected chi connectivity index (χ0v) is 30.0. The molecule has 254 valence electrons. The van der Waals surface area contributed by atoms with Gasteiger partial charge in [-0.05, 0) is 0 Å². The van der Waals surface area contributed by atoms with Gasteiger partial charge in [-0.2, -0.15) is 0 Å². The maximum atomic E-state index is 14.5. The fraction of sp³-hybridized carbons (Fsp3) is 0.250. The number of aromatic nitrogens is 1. The van der Waals surface area contributed by atoms with Crippen LogP contribution in [0.25, 0.3) is 15.9 Å². The summed E-state index contributed by atoms with van der Waals surface area (Å²) in [4.78, 5) is 2.21. The summed E-state index contributed by atoms with van der Waals surface area (Å²) >= 11 is 0.169. The Morgan fingerprint density at radius 2 is 1.58 bits per heavy atom. The van der Waals surface area contributed by atoms with Crippen LogP contribution in [0.5, 0.6) is 0 Å². The average Bonchev–Trinajstić information content (AvgIpc) is 3.84. The van der Waals surface area contributed by atoms with Gasteiger partial charge in [0.15, 0.2) is 0 Å². The number of unbranched alkanes of at least 4 members (excludes halogenated alkanes) is 1. The summed E-state index contributed by atoms with van der Waals surface area (Å²) in [6, 6.07) is 33.4. The third-order valence-electron chi connectivity index (χ3n) is 10.0. The molecule has 0 N–H and O–H groups in total. The van der Waals surface area contributed by atoms with Crippen LogP contribution in [-0.4, -0.2) is 14.5 Å². The molecular formula is C44H42F3N2Se+. The normalized spacial score (nSPS) is 18.3. The van der Waals surface area contributed by atoms with Crippen LogP contribution in [0.2, 0.25) is 0 Å². The predicted molar refractivity (Wildman–Crippen MR) is 201 cm³/mol. The molecule has 6 heteroatoms. The molecular weight excluding hydrogens is 692 g/mol. The number of nitrogens with zero attached hydrogens (tertiary/aromatic N) is 2. The second-order valence-electron chi connectivity index (χ2n) is 13.3. The van der Waals surface area contributed by atoms with E-state index in [9.17, 15) is 13.2 Å². The minimum absolute atomic E-state index is 0.169. The van der Waals surface area contributed by atoms with Gasteiger partial charge in [0.1, 0.15) is 0 Å². The van der Waals surface area contributed by atoms with E-state index in [4.69, 9.17) is 0 Å². The van der Waals surface area contributed by atoms with Gasteiger partial charge in [-0.15, -0.1) is 0 Å². The van der Waals surface area contributed by atoms with Crippen LogP contribution >= 0.6 is 0 Å². The number of anilines is 2. The van der Waals surface area contributed by atoms with Gasteiger partial charge >= 0.3 is 300 Å². The number of fused-ring (bicyclic) bond motifs is 2. The Balaban J connectivity index is 1.42. The van der Waals surface area contributed by atoms with Crippen molar-refractivity contribution in [1.82, 2.24) is 0 Å². The third kappa shape index (κ3) is 6.97. The summed E-state index contributed by atoms with van der Waals surface area (Å²) in [5, 5.41) is 0. The molecule has 1 aliphatic heterocycles. The molecule has 2 heterocycles. The molecule has 4 aromatic carbocycles. The van der Waals surface area contributed by atoms with E-state index in [1.165, 1.54) is 26.5 Å². The number of alkyl halides is 3. The Bertz CT molecular complexity index is 2040. The van der Waals surface area contributed by atoms with Crippen molar-refractivity contribution in [2.24, 2.45) is 5.92 Å². The molecule has 0 bridgehead atoms. The summed E-state index contributed by atoms with van der Waals surface area (Å²) in [5.74, 6) is 0.348. The monoisotopic (exact) mass is 735 g/mol. The van der Waals surface area contributed by atoms with Crippen molar-refractivity contribution in [2.75, 3.05) is 4.90 Å². The first-order valence-electron chi connectivity index (χ1n) is 17.6. The fourth-order valence-corrected chi connectivity index (χ4v) is 9.91. The van der Waals surface area contributed by atoms with Gasteiger partial charge in [0, 0.05) is 0 Å². The van der Waals surface area contributed by atoms with Crippen molar-refractivity contribution >= 4 is 41.7 Å². The molecule has 0 spiro atoms. The van der Waals surface area contributed by atoms with Crippen LogP contribution < -0.4 is 9.47 Å². The molecule has 1 aliphatic carbocycles. The fourth-order valence-electron chi connectivity index (χ4n) is 7.60. The van der Waals surface area contributed by atoms with Crippen LogP contribution in [-0.2, 0) is 24.6 Å². The molecule has 1 atom stereocenters. The molecule has 0 saturated heterocycles. The van der Waals surface area contributed by atoms with E-state index < -0.39 is 17.2 Å². The van der Waals surface area contributed by atoms with Gasteiger partial charge in [0.25, 0.3) is 0 Å². The van der Waals surface area contributed by atoms with Crippen molar-refractivity contribution < 1.29 is 17.7 Å². The molecule has 0 radical (unpaired) electrons. The van der Waals surface area contributed by atoms with Gasteiger partial charge in [0.2, 0.25) is 0 Å². The summed E-state index contributed by atoms with van der Waals surface area (Å²) in [7, 11) is 0. The number of para-hydroxylation sites is 2. The molecule has 0 saturated carbocycles.